The molecule has 5 nitrogen and oxygen atoms in total. The van der Waals surface area contributed by atoms with E-state index in [1.54, 1.807) is 0 Å². The first kappa shape index (κ1) is 34.2. The van der Waals surface area contributed by atoms with Crippen LogP contribution in [0.3, 0.4) is 0 Å². The van der Waals surface area contributed by atoms with Gasteiger partial charge in [-0.1, -0.05) is 94.4 Å². The first-order chi connectivity index (χ1) is 19.7. The molecule has 0 N–H and O–H groups in total. The summed E-state index contributed by atoms with van der Waals surface area (Å²) in [5.41, 5.74) is -0.417. The van der Waals surface area contributed by atoms with E-state index in [0.717, 1.165) is 38.5 Å². The lowest BCUT2D eigenvalue weighted by Crippen LogP contribution is -2.40. The largest absolute Gasteiger partial charge is 0.300 e. The first-order valence-corrected chi connectivity index (χ1v) is 17.4. The van der Waals surface area contributed by atoms with E-state index in [9.17, 15) is 24.0 Å². The van der Waals surface area contributed by atoms with Crippen molar-refractivity contribution in [3.63, 3.8) is 0 Å². The fraction of sp³-hybridized carbons (Fsp3) is 0.868. The molecule has 0 amide bonds. The topological polar surface area (TPSA) is 85.3 Å². The SMILES string of the molecule is CCC1C(C(=O)CC(CC2CCC2)C(=O)C(C)=O)C(C(=O)C(CC(=O)CC(C)(C)C)C(C)(C)C)CC12C(C)(C)C21CCC1. The molecule has 0 saturated heterocycles. The third-order valence-electron chi connectivity index (χ3n) is 13.1. The van der Waals surface area contributed by atoms with Gasteiger partial charge in [0.1, 0.15) is 17.3 Å². The zero-order valence-electron chi connectivity index (χ0n) is 29.0. The average molecular weight is 597 g/mol. The molecule has 0 aliphatic heterocycles. The van der Waals surface area contributed by atoms with Crippen molar-refractivity contribution in [2.24, 2.45) is 62.6 Å². The van der Waals surface area contributed by atoms with E-state index in [4.69, 9.17) is 0 Å². The van der Waals surface area contributed by atoms with Crippen molar-refractivity contribution in [2.45, 2.75) is 146 Å². The van der Waals surface area contributed by atoms with Gasteiger partial charge in [0.05, 0.1) is 0 Å². The second-order valence-electron chi connectivity index (χ2n) is 18.0. The molecule has 4 aliphatic rings. The van der Waals surface area contributed by atoms with Crippen LogP contribution in [0.4, 0.5) is 0 Å². The van der Waals surface area contributed by atoms with E-state index in [-0.39, 0.29) is 57.8 Å². The van der Waals surface area contributed by atoms with Gasteiger partial charge in [-0.25, -0.2) is 0 Å². The maximum atomic E-state index is 14.8. The number of ketones is 5. The van der Waals surface area contributed by atoms with Crippen LogP contribution in [-0.4, -0.2) is 28.9 Å². The number of carbonyl (C=O) groups is 5. The normalized spacial score (nSPS) is 30.8. The van der Waals surface area contributed by atoms with Gasteiger partial charge in [-0.3, -0.25) is 24.0 Å². The molecule has 2 spiro atoms. The minimum absolute atomic E-state index is 0.00634. The average Bonchev–Trinajstić information content (AvgIpc) is 3.07. The minimum Gasteiger partial charge on any atom is -0.300 e. The molecule has 242 valence electrons. The number of hydrogen-bond acceptors (Lipinski definition) is 5. The summed E-state index contributed by atoms with van der Waals surface area (Å²) >= 11 is 0. The summed E-state index contributed by atoms with van der Waals surface area (Å²) in [7, 11) is 0. The highest BCUT2D eigenvalue weighted by atomic mass is 16.2. The van der Waals surface area contributed by atoms with Crippen molar-refractivity contribution in [2.75, 3.05) is 0 Å². The van der Waals surface area contributed by atoms with Gasteiger partial charge < -0.3 is 0 Å². The monoisotopic (exact) mass is 596 g/mol. The van der Waals surface area contributed by atoms with Crippen molar-refractivity contribution in [3.05, 3.63) is 0 Å². The van der Waals surface area contributed by atoms with Crippen LogP contribution in [0.1, 0.15) is 146 Å². The lowest BCUT2D eigenvalue weighted by atomic mass is 9.67. The molecule has 0 aromatic heterocycles. The van der Waals surface area contributed by atoms with Crippen LogP contribution >= 0.6 is 0 Å². The summed E-state index contributed by atoms with van der Waals surface area (Å²) in [6.07, 6.45) is 9.56. The molecule has 43 heavy (non-hydrogen) atoms. The van der Waals surface area contributed by atoms with Gasteiger partial charge in [0.2, 0.25) is 5.78 Å². The zero-order valence-corrected chi connectivity index (χ0v) is 29.0. The summed E-state index contributed by atoms with van der Waals surface area (Å²) < 4.78 is 0. The summed E-state index contributed by atoms with van der Waals surface area (Å²) in [6, 6.07) is 0. The molecule has 4 saturated carbocycles. The smallest absolute Gasteiger partial charge is 0.201 e. The predicted molar refractivity (Wildman–Crippen MR) is 170 cm³/mol. The lowest BCUT2D eigenvalue weighted by molar-refractivity contribution is -0.142. The molecule has 4 rings (SSSR count). The highest BCUT2D eigenvalue weighted by molar-refractivity contribution is 6.37. The Balaban J connectivity index is 1.71. The molecule has 0 heterocycles. The van der Waals surface area contributed by atoms with Crippen LogP contribution in [0.2, 0.25) is 0 Å². The highest BCUT2D eigenvalue weighted by Gasteiger charge is 2.87. The number of carbonyl (C=O) groups excluding carboxylic acids is 5. The van der Waals surface area contributed by atoms with Gasteiger partial charge in [-0.05, 0) is 64.6 Å². The van der Waals surface area contributed by atoms with Crippen LogP contribution in [0.15, 0.2) is 0 Å². The van der Waals surface area contributed by atoms with Crippen molar-refractivity contribution in [3.8, 4) is 0 Å². The maximum absolute atomic E-state index is 14.8. The fourth-order valence-corrected chi connectivity index (χ4v) is 10.7. The second kappa shape index (κ2) is 11.6. The third-order valence-corrected chi connectivity index (χ3v) is 13.1. The summed E-state index contributed by atoms with van der Waals surface area (Å²) in [4.78, 5) is 68.1. The second-order valence-corrected chi connectivity index (χ2v) is 18.0. The number of hydrogen-bond donors (Lipinski definition) is 0. The number of Topliss-reactive ketones (excluding diaryl/α,β-unsaturated/α-hetero) is 5. The maximum Gasteiger partial charge on any atom is 0.201 e. The molecule has 0 aromatic rings. The van der Waals surface area contributed by atoms with Gasteiger partial charge >= 0.3 is 0 Å². The Morgan fingerprint density at radius 1 is 0.884 bits per heavy atom. The molecule has 0 aromatic carbocycles. The Morgan fingerprint density at radius 3 is 1.88 bits per heavy atom. The predicted octanol–water partition coefficient (Wildman–Crippen LogP) is 8.40. The van der Waals surface area contributed by atoms with E-state index in [0.29, 0.717) is 25.2 Å². The molecular weight excluding hydrogens is 536 g/mol. The van der Waals surface area contributed by atoms with Crippen molar-refractivity contribution in [1.82, 2.24) is 0 Å². The van der Waals surface area contributed by atoms with Crippen LogP contribution in [0.25, 0.3) is 0 Å². The van der Waals surface area contributed by atoms with Gasteiger partial charge in [-0.15, -0.1) is 0 Å². The van der Waals surface area contributed by atoms with Crippen molar-refractivity contribution < 1.29 is 24.0 Å². The molecule has 6 atom stereocenters. The Labute approximate surface area is 261 Å². The summed E-state index contributed by atoms with van der Waals surface area (Å²) in [5, 5.41) is 0. The zero-order chi connectivity index (χ0) is 32.3. The van der Waals surface area contributed by atoms with Crippen molar-refractivity contribution >= 4 is 28.9 Å². The van der Waals surface area contributed by atoms with Crippen LogP contribution in [0.5, 0.6) is 0 Å². The summed E-state index contributed by atoms with van der Waals surface area (Å²) in [5.74, 6) is -2.17. The minimum atomic E-state index is -0.586. The van der Waals surface area contributed by atoms with Crippen LogP contribution in [-0.2, 0) is 24.0 Å². The fourth-order valence-electron chi connectivity index (χ4n) is 10.7. The molecule has 0 radical (unpaired) electrons. The summed E-state index contributed by atoms with van der Waals surface area (Å²) in [6.45, 7) is 20.5. The van der Waals surface area contributed by atoms with Crippen LogP contribution in [0, 0.1) is 62.6 Å². The third kappa shape index (κ3) is 5.78. The van der Waals surface area contributed by atoms with E-state index in [2.05, 4.69) is 41.5 Å². The number of fused-ring (bicyclic) bond motifs is 1. The molecular formula is C38H60O5. The molecule has 0 bridgehead atoms. The Kier molecular flexibility index (Phi) is 9.24. The standard InChI is InChI=1S/C38H60O5/c1-11-28-31(30(41)19-25(32(42)23(2)39)18-24-14-12-15-24)27(22-38(28)36(9,10)37(38)16-13-17-37)33(43)29(35(6,7)8)20-26(40)21-34(3,4)5/h24-25,27-29,31H,11-22H2,1-10H3. The van der Waals surface area contributed by atoms with E-state index in [1.807, 2.05) is 20.8 Å². The quantitative estimate of drug-likeness (QED) is 0.199. The molecule has 5 heteroatoms. The lowest BCUT2D eigenvalue weighted by Gasteiger charge is -2.35. The highest BCUT2D eigenvalue weighted by Crippen LogP contribution is 2.92. The van der Waals surface area contributed by atoms with Gasteiger partial charge in [0.15, 0.2) is 5.78 Å². The first-order valence-electron chi connectivity index (χ1n) is 17.4. The van der Waals surface area contributed by atoms with Gasteiger partial charge in [-0.2, -0.15) is 0 Å². The Bertz CT molecular complexity index is 1140. The molecule has 4 aliphatic carbocycles. The molecule has 4 fully saturated rings. The molecule has 6 unspecified atom stereocenters. The van der Waals surface area contributed by atoms with E-state index in [1.165, 1.54) is 13.3 Å². The van der Waals surface area contributed by atoms with Crippen molar-refractivity contribution in [1.29, 1.82) is 0 Å². The van der Waals surface area contributed by atoms with Crippen LogP contribution < -0.4 is 0 Å². The Hall–Kier alpha value is -1.65. The Morgan fingerprint density at radius 2 is 1.49 bits per heavy atom. The van der Waals surface area contributed by atoms with Gasteiger partial charge in [0.25, 0.3) is 0 Å². The number of rotatable bonds is 13. The van der Waals surface area contributed by atoms with E-state index >= 15 is 0 Å². The van der Waals surface area contributed by atoms with Gasteiger partial charge in [0, 0.05) is 49.9 Å². The van der Waals surface area contributed by atoms with E-state index < -0.39 is 40.7 Å².